The largest absolute Gasteiger partial charge is 0.315 e. The summed E-state index contributed by atoms with van der Waals surface area (Å²) in [5.74, 6) is 0. The fraction of sp³-hybridized carbons (Fsp3) is 1.00. The molecule has 4 heteroatoms. The standard InChI is InChI=1S/C8H16N2.2ClH/c1-7(2)10-5-8(6-10)3-9-4-8;;/h7,9H,3-6H2,1-2H3;2*1H. The SMILES string of the molecule is CC(C)N1CC2(CNC2)C1.Cl.Cl. The second-order valence-electron chi connectivity index (χ2n) is 4.10. The molecule has 0 atom stereocenters. The monoisotopic (exact) mass is 212 g/mol. The third-order valence-electron chi connectivity index (χ3n) is 2.81. The Bertz CT molecular complexity index is 138. The Kier molecular flexibility index (Phi) is 4.31. The van der Waals surface area contributed by atoms with E-state index in [2.05, 4.69) is 24.1 Å². The maximum atomic E-state index is 3.34. The molecule has 0 aromatic rings. The summed E-state index contributed by atoms with van der Waals surface area (Å²) in [6.07, 6.45) is 0. The minimum Gasteiger partial charge on any atom is -0.315 e. The van der Waals surface area contributed by atoms with E-state index in [9.17, 15) is 0 Å². The maximum Gasteiger partial charge on any atom is 0.0207 e. The average molecular weight is 213 g/mol. The first-order valence-electron chi connectivity index (χ1n) is 4.17. The molecule has 0 saturated carbocycles. The number of likely N-dealkylation sites (tertiary alicyclic amines) is 1. The minimum atomic E-state index is 0. The van der Waals surface area contributed by atoms with Crippen LogP contribution in [0.5, 0.6) is 0 Å². The highest BCUT2D eigenvalue weighted by Gasteiger charge is 2.47. The maximum absolute atomic E-state index is 3.34. The van der Waals surface area contributed by atoms with Gasteiger partial charge < -0.3 is 5.32 Å². The molecule has 2 heterocycles. The van der Waals surface area contributed by atoms with Gasteiger partial charge in [-0.3, -0.25) is 4.90 Å². The summed E-state index contributed by atoms with van der Waals surface area (Å²) in [6, 6.07) is 0.756. The van der Waals surface area contributed by atoms with Crippen LogP contribution in [-0.2, 0) is 0 Å². The van der Waals surface area contributed by atoms with Crippen LogP contribution in [0.3, 0.4) is 0 Å². The van der Waals surface area contributed by atoms with E-state index in [-0.39, 0.29) is 24.8 Å². The van der Waals surface area contributed by atoms with E-state index in [4.69, 9.17) is 0 Å². The van der Waals surface area contributed by atoms with Gasteiger partial charge in [0, 0.05) is 37.6 Å². The van der Waals surface area contributed by atoms with Crippen LogP contribution < -0.4 is 5.32 Å². The Morgan fingerprint density at radius 2 is 1.67 bits per heavy atom. The highest BCUT2D eigenvalue weighted by atomic mass is 35.5. The van der Waals surface area contributed by atoms with Crippen LogP contribution in [-0.4, -0.2) is 37.1 Å². The van der Waals surface area contributed by atoms with Crippen molar-refractivity contribution in [2.24, 2.45) is 5.41 Å². The Hall–Kier alpha value is 0.500. The van der Waals surface area contributed by atoms with E-state index in [0.717, 1.165) is 6.04 Å². The summed E-state index contributed by atoms with van der Waals surface area (Å²) < 4.78 is 0. The molecule has 0 bridgehead atoms. The molecule has 2 fully saturated rings. The van der Waals surface area contributed by atoms with Crippen LogP contribution in [0, 0.1) is 5.41 Å². The molecule has 0 aromatic carbocycles. The molecular formula is C8H18Cl2N2. The van der Waals surface area contributed by atoms with Gasteiger partial charge in [0.15, 0.2) is 0 Å². The lowest BCUT2D eigenvalue weighted by Crippen LogP contribution is -2.72. The third kappa shape index (κ3) is 1.87. The van der Waals surface area contributed by atoms with E-state index in [1.165, 1.54) is 26.2 Å². The highest BCUT2D eigenvalue weighted by Crippen LogP contribution is 2.34. The van der Waals surface area contributed by atoms with Gasteiger partial charge >= 0.3 is 0 Å². The van der Waals surface area contributed by atoms with Crippen molar-refractivity contribution in [1.29, 1.82) is 0 Å². The second kappa shape index (κ2) is 4.14. The lowest BCUT2D eigenvalue weighted by Gasteiger charge is -2.57. The number of nitrogens with one attached hydrogen (secondary N) is 1. The van der Waals surface area contributed by atoms with Crippen molar-refractivity contribution < 1.29 is 0 Å². The van der Waals surface area contributed by atoms with Crippen molar-refractivity contribution in [2.75, 3.05) is 26.2 Å². The van der Waals surface area contributed by atoms with E-state index < -0.39 is 0 Å². The summed E-state index contributed by atoms with van der Waals surface area (Å²) in [6.45, 7) is 9.74. The van der Waals surface area contributed by atoms with Crippen molar-refractivity contribution in [3.63, 3.8) is 0 Å². The molecule has 0 amide bonds. The lowest BCUT2D eigenvalue weighted by atomic mass is 9.74. The van der Waals surface area contributed by atoms with Crippen molar-refractivity contribution in [3.05, 3.63) is 0 Å². The molecule has 2 aliphatic rings. The molecule has 1 spiro atoms. The Labute approximate surface area is 86.9 Å². The van der Waals surface area contributed by atoms with Gasteiger partial charge in [-0.15, -0.1) is 24.8 Å². The summed E-state index contributed by atoms with van der Waals surface area (Å²) in [4.78, 5) is 2.54. The van der Waals surface area contributed by atoms with Crippen molar-refractivity contribution in [2.45, 2.75) is 19.9 Å². The summed E-state index contributed by atoms with van der Waals surface area (Å²) in [7, 11) is 0. The van der Waals surface area contributed by atoms with E-state index >= 15 is 0 Å². The zero-order valence-electron chi connectivity index (χ0n) is 7.67. The van der Waals surface area contributed by atoms with Crippen LogP contribution in [0.25, 0.3) is 0 Å². The van der Waals surface area contributed by atoms with Gasteiger partial charge in [0.2, 0.25) is 0 Å². The van der Waals surface area contributed by atoms with Gasteiger partial charge in [-0.05, 0) is 13.8 Å². The zero-order chi connectivity index (χ0) is 7.19. The Morgan fingerprint density at radius 1 is 1.17 bits per heavy atom. The quantitative estimate of drug-likeness (QED) is 0.702. The molecule has 2 aliphatic heterocycles. The molecule has 0 radical (unpaired) electrons. The number of hydrogen-bond acceptors (Lipinski definition) is 2. The average Bonchev–Trinajstić information content (AvgIpc) is 1.54. The predicted octanol–water partition coefficient (Wildman–Crippen LogP) is 1.14. The van der Waals surface area contributed by atoms with Crippen LogP contribution in [0.15, 0.2) is 0 Å². The number of rotatable bonds is 1. The smallest absolute Gasteiger partial charge is 0.0207 e. The van der Waals surface area contributed by atoms with Gasteiger partial charge in [-0.25, -0.2) is 0 Å². The molecule has 12 heavy (non-hydrogen) atoms. The predicted molar refractivity (Wildman–Crippen MR) is 56.5 cm³/mol. The van der Waals surface area contributed by atoms with Crippen LogP contribution >= 0.6 is 24.8 Å². The Balaban J connectivity index is 0.000000605. The molecule has 1 N–H and O–H groups in total. The van der Waals surface area contributed by atoms with Crippen molar-refractivity contribution >= 4 is 24.8 Å². The Morgan fingerprint density at radius 3 is 1.92 bits per heavy atom. The summed E-state index contributed by atoms with van der Waals surface area (Å²) >= 11 is 0. The molecular weight excluding hydrogens is 195 g/mol. The van der Waals surface area contributed by atoms with Gasteiger partial charge in [0.05, 0.1) is 0 Å². The third-order valence-corrected chi connectivity index (χ3v) is 2.81. The molecule has 0 aliphatic carbocycles. The molecule has 2 nitrogen and oxygen atoms in total. The van der Waals surface area contributed by atoms with Crippen molar-refractivity contribution in [1.82, 2.24) is 10.2 Å². The summed E-state index contributed by atoms with van der Waals surface area (Å²) in [5, 5.41) is 3.34. The highest BCUT2D eigenvalue weighted by molar-refractivity contribution is 5.85. The molecule has 2 rings (SSSR count). The number of halogens is 2. The molecule has 0 aromatic heterocycles. The van der Waals surface area contributed by atoms with Crippen LogP contribution in [0.4, 0.5) is 0 Å². The second-order valence-corrected chi connectivity index (χ2v) is 4.10. The first-order valence-corrected chi connectivity index (χ1v) is 4.17. The van der Waals surface area contributed by atoms with Crippen LogP contribution in [0.1, 0.15) is 13.8 Å². The summed E-state index contributed by atoms with van der Waals surface area (Å²) in [5.41, 5.74) is 0.713. The van der Waals surface area contributed by atoms with E-state index in [1.54, 1.807) is 0 Å². The van der Waals surface area contributed by atoms with E-state index in [0.29, 0.717) is 5.41 Å². The minimum absolute atomic E-state index is 0. The number of nitrogens with zero attached hydrogens (tertiary/aromatic N) is 1. The van der Waals surface area contributed by atoms with Crippen LogP contribution in [0.2, 0.25) is 0 Å². The molecule has 74 valence electrons. The topological polar surface area (TPSA) is 15.3 Å². The van der Waals surface area contributed by atoms with Crippen molar-refractivity contribution in [3.8, 4) is 0 Å². The zero-order valence-corrected chi connectivity index (χ0v) is 9.30. The lowest BCUT2D eigenvalue weighted by molar-refractivity contribution is -0.0569. The molecule has 0 unspecified atom stereocenters. The van der Waals surface area contributed by atoms with Gasteiger partial charge in [0.25, 0.3) is 0 Å². The van der Waals surface area contributed by atoms with Gasteiger partial charge in [-0.2, -0.15) is 0 Å². The van der Waals surface area contributed by atoms with Gasteiger partial charge in [0.1, 0.15) is 0 Å². The fourth-order valence-corrected chi connectivity index (χ4v) is 1.88. The molecule has 2 saturated heterocycles. The first-order chi connectivity index (χ1) is 4.72. The van der Waals surface area contributed by atoms with Gasteiger partial charge in [-0.1, -0.05) is 0 Å². The fourth-order valence-electron chi connectivity index (χ4n) is 1.88. The normalized spacial score (nSPS) is 25.2. The first kappa shape index (κ1) is 12.5. The number of hydrogen-bond donors (Lipinski definition) is 1. The van der Waals surface area contributed by atoms with E-state index in [1.807, 2.05) is 0 Å².